The molecule has 0 aromatic carbocycles. The SMILES string of the molecule is CCON(c1ccccn1)c1nccs1. The van der Waals surface area contributed by atoms with E-state index in [-0.39, 0.29) is 0 Å². The summed E-state index contributed by atoms with van der Waals surface area (Å²) in [6, 6.07) is 5.68. The standard InChI is InChI=1S/C10H11N3OS/c1-2-14-13(10-12-7-8-15-10)9-5-3-4-6-11-9/h3-8H,2H2,1H3. The number of pyridine rings is 1. The molecule has 0 aliphatic carbocycles. The van der Waals surface area contributed by atoms with Crippen LogP contribution in [0.4, 0.5) is 10.9 Å². The Balaban J connectivity index is 2.28. The van der Waals surface area contributed by atoms with Gasteiger partial charge in [-0.15, -0.1) is 11.3 Å². The number of nitrogens with zero attached hydrogens (tertiary/aromatic N) is 3. The van der Waals surface area contributed by atoms with Crippen molar-refractivity contribution in [3.63, 3.8) is 0 Å². The van der Waals surface area contributed by atoms with E-state index in [1.807, 2.05) is 30.5 Å². The molecule has 2 aromatic rings. The zero-order valence-electron chi connectivity index (χ0n) is 8.33. The van der Waals surface area contributed by atoms with E-state index < -0.39 is 0 Å². The minimum Gasteiger partial charge on any atom is -0.265 e. The van der Waals surface area contributed by atoms with Crippen molar-refractivity contribution in [3.8, 4) is 0 Å². The summed E-state index contributed by atoms with van der Waals surface area (Å²) in [4.78, 5) is 13.9. The molecule has 0 saturated carbocycles. The third-order valence-electron chi connectivity index (χ3n) is 1.71. The second kappa shape index (κ2) is 4.86. The van der Waals surface area contributed by atoms with Crippen LogP contribution in [0, 0.1) is 0 Å². The van der Waals surface area contributed by atoms with Gasteiger partial charge in [0.2, 0.25) is 5.13 Å². The van der Waals surface area contributed by atoms with Crippen molar-refractivity contribution in [1.29, 1.82) is 0 Å². The summed E-state index contributed by atoms with van der Waals surface area (Å²) in [5.74, 6) is 0.745. The molecule has 0 aliphatic heterocycles. The molecule has 0 aliphatic rings. The summed E-state index contributed by atoms with van der Waals surface area (Å²) in [5, 5.41) is 4.34. The second-order valence-electron chi connectivity index (χ2n) is 2.71. The first-order valence-corrected chi connectivity index (χ1v) is 5.53. The number of anilines is 2. The molecule has 0 spiro atoms. The Labute approximate surface area is 92.1 Å². The van der Waals surface area contributed by atoms with Crippen molar-refractivity contribution in [2.75, 3.05) is 11.7 Å². The van der Waals surface area contributed by atoms with Crippen LogP contribution in [0.15, 0.2) is 36.0 Å². The highest BCUT2D eigenvalue weighted by atomic mass is 32.1. The second-order valence-corrected chi connectivity index (χ2v) is 3.59. The largest absolute Gasteiger partial charge is 0.265 e. The third kappa shape index (κ3) is 2.31. The molecule has 0 radical (unpaired) electrons. The fourth-order valence-electron chi connectivity index (χ4n) is 1.14. The van der Waals surface area contributed by atoms with Crippen molar-refractivity contribution in [2.45, 2.75) is 6.92 Å². The summed E-state index contributed by atoms with van der Waals surface area (Å²) in [5.41, 5.74) is 0. The van der Waals surface area contributed by atoms with Crippen LogP contribution in [0.1, 0.15) is 6.92 Å². The summed E-state index contributed by atoms with van der Waals surface area (Å²) < 4.78 is 0. The summed E-state index contributed by atoms with van der Waals surface area (Å²) in [6.45, 7) is 2.51. The summed E-state index contributed by atoms with van der Waals surface area (Å²) in [6.07, 6.45) is 3.48. The molecular weight excluding hydrogens is 210 g/mol. The van der Waals surface area contributed by atoms with Crippen LogP contribution in [0.2, 0.25) is 0 Å². The van der Waals surface area contributed by atoms with Gasteiger partial charge in [-0.05, 0) is 19.1 Å². The maximum Gasteiger partial charge on any atom is 0.215 e. The quantitative estimate of drug-likeness (QED) is 0.744. The van der Waals surface area contributed by atoms with Crippen molar-refractivity contribution in [3.05, 3.63) is 36.0 Å². The van der Waals surface area contributed by atoms with Gasteiger partial charge in [0.1, 0.15) is 0 Å². The first kappa shape index (κ1) is 10.1. The molecular formula is C10H11N3OS. The minimum absolute atomic E-state index is 0.580. The molecule has 15 heavy (non-hydrogen) atoms. The van der Waals surface area contributed by atoms with Gasteiger partial charge in [0.25, 0.3) is 0 Å². The molecule has 0 bridgehead atoms. The van der Waals surface area contributed by atoms with Crippen LogP contribution in [0.5, 0.6) is 0 Å². The van der Waals surface area contributed by atoms with Gasteiger partial charge in [-0.25, -0.2) is 9.97 Å². The predicted molar refractivity (Wildman–Crippen MR) is 60.1 cm³/mol. The predicted octanol–water partition coefficient (Wildman–Crippen LogP) is 2.63. The Morgan fingerprint density at radius 2 is 2.27 bits per heavy atom. The Morgan fingerprint density at radius 3 is 2.87 bits per heavy atom. The topological polar surface area (TPSA) is 38.2 Å². The Kier molecular flexibility index (Phi) is 3.26. The number of hydrogen-bond donors (Lipinski definition) is 0. The lowest BCUT2D eigenvalue weighted by Gasteiger charge is -2.18. The fourth-order valence-corrected chi connectivity index (χ4v) is 1.75. The molecule has 0 amide bonds. The van der Waals surface area contributed by atoms with Gasteiger partial charge < -0.3 is 0 Å². The third-order valence-corrected chi connectivity index (χ3v) is 2.45. The van der Waals surface area contributed by atoms with E-state index in [0.717, 1.165) is 10.9 Å². The smallest absolute Gasteiger partial charge is 0.215 e. The Morgan fingerprint density at radius 1 is 1.33 bits per heavy atom. The van der Waals surface area contributed by atoms with Gasteiger partial charge in [-0.3, -0.25) is 4.84 Å². The first-order valence-electron chi connectivity index (χ1n) is 4.65. The maximum atomic E-state index is 5.49. The molecule has 5 heteroatoms. The number of hydrogen-bond acceptors (Lipinski definition) is 5. The van der Waals surface area contributed by atoms with Crippen LogP contribution >= 0.6 is 11.3 Å². The molecule has 4 nitrogen and oxygen atoms in total. The number of rotatable bonds is 4. The van der Waals surface area contributed by atoms with Gasteiger partial charge >= 0.3 is 0 Å². The average Bonchev–Trinajstić information content (AvgIpc) is 2.80. The van der Waals surface area contributed by atoms with Gasteiger partial charge in [-0.1, -0.05) is 6.07 Å². The first-order chi connectivity index (χ1) is 7.42. The molecule has 0 unspecified atom stereocenters. The van der Waals surface area contributed by atoms with Crippen LogP contribution in [0.25, 0.3) is 0 Å². The highest BCUT2D eigenvalue weighted by Gasteiger charge is 2.12. The molecule has 2 rings (SSSR count). The van der Waals surface area contributed by atoms with Crippen molar-refractivity contribution in [1.82, 2.24) is 9.97 Å². The van der Waals surface area contributed by atoms with Gasteiger partial charge in [0.05, 0.1) is 6.61 Å². The average molecular weight is 221 g/mol. The number of aromatic nitrogens is 2. The normalized spacial score (nSPS) is 10.2. The Bertz CT molecular complexity index is 390. The van der Waals surface area contributed by atoms with Gasteiger partial charge in [0.15, 0.2) is 5.82 Å². The van der Waals surface area contributed by atoms with Crippen molar-refractivity contribution in [2.24, 2.45) is 0 Å². The molecule has 0 N–H and O–H groups in total. The van der Waals surface area contributed by atoms with E-state index in [1.165, 1.54) is 11.3 Å². The van der Waals surface area contributed by atoms with Crippen molar-refractivity contribution >= 4 is 22.3 Å². The highest BCUT2D eigenvalue weighted by molar-refractivity contribution is 7.13. The minimum atomic E-state index is 0.580. The lowest BCUT2D eigenvalue weighted by atomic mass is 10.5. The molecule has 0 fully saturated rings. The molecule has 2 aromatic heterocycles. The van der Waals surface area contributed by atoms with E-state index in [2.05, 4.69) is 9.97 Å². The van der Waals surface area contributed by atoms with E-state index in [0.29, 0.717) is 6.61 Å². The van der Waals surface area contributed by atoms with Crippen molar-refractivity contribution < 1.29 is 4.84 Å². The summed E-state index contributed by atoms with van der Waals surface area (Å²) >= 11 is 1.52. The zero-order chi connectivity index (χ0) is 10.5. The van der Waals surface area contributed by atoms with E-state index in [9.17, 15) is 0 Å². The Hall–Kier alpha value is -1.46. The van der Waals surface area contributed by atoms with Crippen LogP contribution in [-0.2, 0) is 4.84 Å². The molecule has 2 heterocycles. The molecule has 0 saturated heterocycles. The van der Waals surface area contributed by atoms with E-state index >= 15 is 0 Å². The van der Waals surface area contributed by atoms with E-state index in [4.69, 9.17) is 4.84 Å². The van der Waals surface area contributed by atoms with Gasteiger partial charge in [0, 0.05) is 17.8 Å². The van der Waals surface area contributed by atoms with Crippen LogP contribution in [-0.4, -0.2) is 16.6 Å². The van der Waals surface area contributed by atoms with Crippen LogP contribution < -0.4 is 5.06 Å². The molecule has 78 valence electrons. The van der Waals surface area contributed by atoms with E-state index in [1.54, 1.807) is 17.5 Å². The lowest BCUT2D eigenvalue weighted by molar-refractivity contribution is 0.147. The summed E-state index contributed by atoms with van der Waals surface area (Å²) in [7, 11) is 0. The maximum absolute atomic E-state index is 5.49. The lowest BCUT2D eigenvalue weighted by Crippen LogP contribution is -2.18. The zero-order valence-corrected chi connectivity index (χ0v) is 9.15. The van der Waals surface area contributed by atoms with Gasteiger partial charge in [-0.2, -0.15) is 5.06 Å². The molecule has 0 atom stereocenters. The fraction of sp³-hybridized carbons (Fsp3) is 0.200. The van der Waals surface area contributed by atoms with Crippen LogP contribution in [0.3, 0.4) is 0 Å². The number of thiazole rings is 1. The monoisotopic (exact) mass is 221 g/mol. The highest BCUT2D eigenvalue weighted by Crippen LogP contribution is 2.25.